The van der Waals surface area contributed by atoms with E-state index in [0.717, 1.165) is 12.3 Å². The van der Waals surface area contributed by atoms with E-state index in [0.29, 0.717) is 39.2 Å². The average Bonchev–Trinajstić information content (AvgIpc) is 3.47. The zero-order chi connectivity index (χ0) is 27.8. The average molecular weight is 563 g/mol. The predicted molar refractivity (Wildman–Crippen MR) is 135 cm³/mol. The summed E-state index contributed by atoms with van der Waals surface area (Å²) in [6.07, 6.45) is 1.18. The van der Waals surface area contributed by atoms with Crippen LogP contribution in [0.5, 0.6) is 5.75 Å². The molecule has 1 aliphatic heterocycles. The summed E-state index contributed by atoms with van der Waals surface area (Å²) in [6.45, 7) is 0.435. The smallest absolute Gasteiger partial charge is 0.346 e. The molecular weight excluding hydrogens is 540 g/mol. The van der Waals surface area contributed by atoms with Gasteiger partial charge in [0.2, 0.25) is 0 Å². The molecule has 1 aliphatic rings. The number of benzene rings is 2. The molecule has 39 heavy (non-hydrogen) atoms. The number of rotatable bonds is 8. The maximum absolute atomic E-state index is 14.4. The minimum atomic E-state index is -3.08. The lowest BCUT2D eigenvalue weighted by Gasteiger charge is -2.27. The number of fused-ring (bicyclic) bond motifs is 1. The number of carbonyl (C=O) groups excluding carboxylic acids is 1. The number of aromatic nitrogens is 3. The van der Waals surface area contributed by atoms with Crippen LogP contribution in [0, 0.1) is 18.6 Å². The second-order valence-corrected chi connectivity index (χ2v) is 9.57. The Bertz CT molecular complexity index is 1550. The topological polar surface area (TPSA) is 69.5 Å². The van der Waals surface area contributed by atoms with Crippen LogP contribution in [-0.2, 0) is 16.1 Å². The van der Waals surface area contributed by atoms with E-state index in [1.54, 1.807) is 38.1 Å². The lowest BCUT2D eigenvalue weighted by Crippen LogP contribution is -2.34. The molecule has 0 N–H and O–H groups in total. The van der Waals surface area contributed by atoms with E-state index in [1.807, 2.05) is 0 Å². The largest absolute Gasteiger partial charge is 0.487 e. The number of aryl methyl sites for hydroxylation is 1. The van der Waals surface area contributed by atoms with Gasteiger partial charge in [0.15, 0.2) is 5.82 Å². The van der Waals surface area contributed by atoms with Crippen molar-refractivity contribution < 1.29 is 31.8 Å². The van der Waals surface area contributed by atoms with Crippen molar-refractivity contribution in [2.24, 2.45) is 0 Å². The Kier molecular flexibility index (Phi) is 7.46. The number of carbonyl (C=O) groups is 1. The first-order valence-corrected chi connectivity index (χ1v) is 12.5. The highest BCUT2D eigenvalue weighted by Crippen LogP contribution is 2.35. The molecule has 1 saturated heterocycles. The van der Waals surface area contributed by atoms with Gasteiger partial charge in [-0.15, -0.1) is 0 Å². The number of alkyl halides is 2. The molecule has 0 aliphatic carbocycles. The predicted octanol–water partition coefficient (Wildman–Crippen LogP) is 6.14. The van der Waals surface area contributed by atoms with Crippen LogP contribution < -0.4 is 4.74 Å². The van der Waals surface area contributed by atoms with Crippen molar-refractivity contribution in [1.82, 2.24) is 19.7 Å². The molecule has 0 saturated carbocycles. The molecule has 12 heteroatoms. The van der Waals surface area contributed by atoms with E-state index in [4.69, 9.17) is 16.3 Å². The van der Waals surface area contributed by atoms with Gasteiger partial charge in [0.25, 0.3) is 5.91 Å². The normalized spacial score (nSPS) is 16.5. The Hall–Kier alpha value is -3.70. The summed E-state index contributed by atoms with van der Waals surface area (Å²) in [5.74, 6) is -1.31. The summed E-state index contributed by atoms with van der Waals surface area (Å²) in [5, 5.41) is 4.80. The molecule has 4 aromatic rings. The van der Waals surface area contributed by atoms with E-state index < -0.39 is 36.3 Å². The molecule has 2 aromatic carbocycles. The van der Waals surface area contributed by atoms with E-state index in [2.05, 4.69) is 14.8 Å². The first kappa shape index (κ1) is 26.9. The van der Waals surface area contributed by atoms with Crippen molar-refractivity contribution in [3.63, 3.8) is 0 Å². The molecule has 7 nitrogen and oxygen atoms in total. The summed E-state index contributed by atoms with van der Waals surface area (Å²) in [4.78, 5) is 18.7. The zero-order valence-corrected chi connectivity index (χ0v) is 21.6. The second kappa shape index (κ2) is 10.8. The quantitative estimate of drug-likeness (QED) is 0.241. The van der Waals surface area contributed by atoms with E-state index in [1.165, 1.54) is 21.8 Å². The van der Waals surface area contributed by atoms with Crippen molar-refractivity contribution in [2.75, 3.05) is 6.54 Å². The van der Waals surface area contributed by atoms with E-state index >= 15 is 0 Å². The van der Waals surface area contributed by atoms with Gasteiger partial charge in [0.1, 0.15) is 29.8 Å². The Morgan fingerprint density at radius 3 is 2.69 bits per heavy atom. The Balaban J connectivity index is 1.46. The van der Waals surface area contributed by atoms with Gasteiger partial charge in [-0.05, 0) is 43.7 Å². The third kappa shape index (κ3) is 5.41. The number of likely N-dealkylation sites (tertiary alicyclic amines) is 1. The number of hydrogen-bond donors (Lipinski definition) is 0. The number of pyridine rings is 1. The summed E-state index contributed by atoms with van der Waals surface area (Å²) >= 11 is 6.43. The summed E-state index contributed by atoms with van der Waals surface area (Å²) in [7, 11) is 0. The van der Waals surface area contributed by atoms with Crippen molar-refractivity contribution in [1.29, 1.82) is 0 Å². The first-order chi connectivity index (χ1) is 18.6. The van der Waals surface area contributed by atoms with Crippen molar-refractivity contribution >= 4 is 28.4 Å². The van der Waals surface area contributed by atoms with Crippen molar-refractivity contribution in [2.45, 2.75) is 45.6 Å². The maximum Gasteiger partial charge on any atom is 0.346 e. The molecule has 0 radical (unpaired) electrons. The lowest BCUT2D eigenvalue weighted by atomic mass is 10.00. The van der Waals surface area contributed by atoms with Crippen LogP contribution in [0.2, 0.25) is 5.02 Å². The molecule has 1 fully saturated rings. The Labute approximate surface area is 225 Å². The molecule has 2 atom stereocenters. The number of ether oxygens (including phenoxy) is 2. The van der Waals surface area contributed by atoms with Crippen molar-refractivity contribution in [3.8, 4) is 11.4 Å². The fourth-order valence-electron chi connectivity index (χ4n) is 4.84. The number of nitrogens with zero attached hydrogens (tertiary/aromatic N) is 4. The van der Waals surface area contributed by atoms with Gasteiger partial charge in [0, 0.05) is 29.6 Å². The number of para-hydroxylation sites is 1. The SMILES string of the molecule is Cc1cc(-n2cc(F)cn2)c2cccc(OCc3c(Cl)cc(F)cc3[C@H](C)N3CC[C@@H](OC(F)F)C3=O)c2n1. The van der Waals surface area contributed by atoms with Crippen LogP contribution in [0.4, 0.5) is 17.6 Å². The molecular formula is C27H23ClF4N4O3. The first-order valence-electron chi connectivity index (χ1n) is 12.1. The monoisotopic (exact) mass is 562 g/mol. The third-order valence-electron chi connectivity index (χ3n) is 6.65. The Morgan fingerprint density at radius 2 is 1.97 bits per heavy atom. The van der Waals surface area contributed by atoms with Crippen LogP contribution in [0.1, 0.15) is 36.2 Å². The van der Waals surface area contributed by atoms with Gasteiger partial charge < -0.3 is 14.4 Å². The minimum Gasteiger partial charge on any atom is -0.487 e. The van der Waals surface area contributed by atoms with Crippen LogP contribution in [0.25, 0.3) is 16.6 Å². The molecule has 204 valence electrons. The highest BCUT2D eigenvalue weighted by Gasteiger charge is 2.38. The molecule has 3 heterocycles. The van der Waals surface area contributed by atoms with Gasteiger partial charge in [-0.3, -0.25) is 4.79 Å². The second-order valence-electron chi connectivity index (χ2n) is 9.16. The molecule has 2 aromatic heterocycles. The number of amides is 1. The summed E-state index contributed by atoms with van der Waals surface area (Å²) in [5.41, 5.74) is 2.55. The molecule has 0 spiro atoms. The van der Waals surface area contributed by atoms with Crippen LogP contribution in [-0.4, -0.2) is 44.8 Å². The van der Waals surface area contributed by atoms with E-state index in [-0.39, 0.29) is 24.6 Å². The molecule has 0 bridgehead atoms. The fraction of sp³-hybridized carbons (Fsp3) is 0.296. The third-order valence-corrected chi connectivity index (χ3v) is 6.99. The van der Waals surface area contributed by atoms with Gasteiger partial charge in [-0.2, -0.15) is 13.9 Å². The maximum atomic E-state index is 14.4. The zero-order valence-electron chi connectivity index (χ0n) is 20.9. The van der Waals surface area contributed by atoms with Gasteiger partial charge in [-0.25, -0.2) is 18.4 Å². The van der Waals surface area contributed by atoms with Crippen molar-refractivity contribution in [3.05, 3.63) is 82.3 Å². The Morgan fingerprint density at radius 1 is 1.18 bits per heavy atom. The standard InChI is InChI=1S/C27H23ClF4N4O3/c1-14-8-22(36-12-17(30)11-33-36)18-4-3-5-23(25(18)34-14)38-13-20-19(9-16(29)10-21(20)28)15(2)35-7-6-24(26(35)37)39-27(31)32/h3-5,8-12,15,24,27H,6-7,13H2,1-2H3/t15-,24+/m0/s1. The summed E-state index contributed by atoms with van der Waals surface area (Å²) < 4.78 is 65.5. The van der Waals surface area contributed by atoms with E-state index in [9.17, 15) is 22.4 Å². The fourth-order valence-corrected chi connectivity index (χ4v) is 5.11. The van der Waals surface area contributed by atoms with Gasteiger partial charge in [0.05, 0.1) is 29.1 Å². The highest BCUT2D eigenvalue weighted by molar-refractivity contribution is 6.31. The van der Waals surface area contributed by atoms with Crippen LogP contribution in [0.15, 0.2) is 48.8 Å². The summed E-state index contributed by atoms with van der Waals surface area (Å²) in [6, 6.07) is 8.73. The molecule has 5 rings (SSSR count). The van der Waals surface area contributed by atoms with Gasteiger partial charge >= 0.3 is 6.61 Å². The van der Waals surface area contributed by atoms with Crippen LogP contribution >= 0.6 is 11.6 Å². The molecule has 0 unspecified atom stereocenters. The number of hydrogen-bond acceptors (Lipinski definition) is 5. The number of halogens is 5. The van der Waals surface area contributed by atoms with Crippen LogP contribution in [0.3, 0.4) is 0 Å². The highest BCUT2D eigenvalue weighted by atomic mass is 35.5. The minimum absolute atomic E-state index is 0.0842. The molecule has 1 amide bonds. The van der Waals surface area contributed by atoms with Gasteiger partial charge in [-0.1, -0.05) is 23.7 Å². The lowest BCUT2D eigenvalue weighted by molar-refractivity contribution is -0.174.